The molecule has 2 N–H and O–H groups in total. The van der Waals surface area contributed by atoms with Gasteiger partial charge in [0.25, 0.3) is 0 Å². The summed E-state index contributed by atoms with van der Waals surface area (Å²) in [7, 11) is 3.24. The fraction of sp³-hybridized carbons (Fsp3) is 0.333. The van der Waals surface area contributed by atoms with Gasteiger partial charge in [0, 0.05) is 32.9 Å². The van der Waals surface area contributed by atoms with Gasteiger partial charge in [-0.25, -0.2) is 4.79 Å². The molecular weight excluding hydrogens is 342 g/mol. The second kappa shape index (κ2) is 10.3. The van der Waals surface area contributed by atoms with Crippen molar-refractivity contribution in [3.8, 4) is 0 Å². The number of ether oxygens (including phenoxy) is 1. The maximum Gasteiger partial charge on any atom is 0.317 e. The van der Waals surface area contributed by atoms with Crippen molar-refractivity contribution in [1.29, 1.82) is 0 Å². The van der Waals surface area contributed by atoms with Crippen LogP contribution in [0.2, 0.25) is 0 Å². The lowest BCUT2D eigenvalue weighted by Crippen LogP contribution is -2.36. The van der Waals surface area contributed by atoms with E-state index < -0.39 is 0 Å². The summed E-state index contributed by atoms with van der Waals surface area (Å²) < 4.78 is 4.80. The van der Waals surface area contributed by atoms with Crippen molar-refractivity contribution >= 4 is 17.6 Å². The topological polar surface area (TPSA) is 70.7 Å². The van der Waals surface area contributed by atoms with Crippen molar-refractivity contribution in [2.75, 3.05) is 26.1 Å². The third kappa shape index (κ3) is 6.75. The molecule has 0 radical (unpaired) electrons. The van der Waals surface area contributed by atoms with Crippen LogP contribution in [0.3, 0.4) is 0 Å². The Morgan fingerprint density at radius 2 is 1.74 bits per heavy atom. The molecule has 0 spiro atoms. The fourth-order valence-corrected chi connectivity index (χ4v) is 2.63. The third-order valence-electron chi connectivity index (χ3n) is 4.13. The van der Waals surface area contributed by atoms with Gasteiger partial charge in [0.05, 0.1) is 0 Å². The maximum absolute atomic E-state index is 12.3. The van der Waals surface area contributed by atoms with E-state index in [1.54, 1.807) is 18.0 Å². The van der Waals surface area contributed by atoms with Crippen LogP contribution in [0, 0.1) is 0 Å². The van der Waals surface area contributed by atoms with E-state index in [9.17, 15) is 9.59 Å². The van der Waals surface area contributed by atoms with Crippen LogP contribution < -0.4 is 10.6 Å². The van der Waals surface area contributed by atoms with Gasteiger partial charge in [-0.15, -0.1) is 0 Å². The van der Waals surface area contributed by atoms with Gasteiger partial charge in [0.1, 0.15) is 6.61 Å². The summed E-state index contributed by atoms with van der Waals surface area (Å²) in [5.74, 6) is -0.215. The highest BCUT2D eigenvalue weighted by Gasteiger charge is 2.09. The summed E-state index contributed by atoms with van der Waals surface area (Å²) in [5.41, 5.74) is 3.95. The Kier molecular flexibility index (Phi) is 7.82. The van der Waals surface area contributed by atoms with Crippen LogP contribution in [0.4, 0.5) is 10.5 Å². The molecule has 6 heteroatoms. The fourth-order valence-electron chi connectivity index (χ4n) is 2.63. The van der Waals surface area contributed by atoms with E-state index in [0.717, 1.165) is 17.5 Å². The molecule has 0 aromatic heterocycles. The van der Waals surface area contributed by atoms with Crippen LogP contribution in [-0.2, 0) is 29.0 Å². The predicted octanol–water partition coefficient (Wildman–Crippen LogP) is 3.18. The minimum absolute atomic E-state index is 0.00495. The third-order valence-corrected chi connectivity index (χ3v) is 4.13. The van der Waals surface area contributed by atoms with Crippen molar-refractivity contribution in [3.05, 3.63) is 65.2 Å². The van der Waals surface area contributed by atoms with E-state index in [4.69, 9.17) is 4.74 Å². The van der Waals surface area contributed by atoms with E-state index in [0.29, 0.717) is 18.8 Å². The van der Waals surface area contributed by atoms with Crippen molar-refractivity contribution in [1.82, 2.24) is 10.2 Å². The number of carbonyl (C=O) groups is 2. The molecule has 0 atom stereocenters. The molecule has 0 aliphatic carbocycles. The molecule has 6 nitrogen and oxygen atoms in total. The first-order valence-electron chi connectivity index (χ1n) is 8.96. The van der Waals surface area contributed by atoms with E-state index >= 15 is 0 Å². The normalized spacial score (nSPS) is 10.3. The Morgan fingerprint density at radius 1 is 1.04 bits per heavy atom. The first kappa shape index (κ1) is 20.5. The summed E-state index contributed by atoms with van der Waals surface area (Å²) in [5, 5.41) is 5.65. The predicted molar refractivity (Wildman–Crippen MR) is 106 cm³/mol. The lowest BCUT2D eigenvalue weighted by atomic mass is 10.1. The molecule has 0 heterocycles. The van der Waals surface area contributed by atoms with Gasteiger partial charge in [0.15, 0.2) is 0 Å². The molecule has 3 amide bonds. The zero-order chi connectivity index (χ0) is 19.6. The molecule has 27 heavy (non-hydrogen) atoms. The van der Waals surface area contributed by atoms with E-state index in [2.05, 4.69) is 41.8 Å². The summed E-state index contributed by atoms with van der Waals surface area (Å²) in [6.45, 7) is 3.05. The SMILES string of the molecule is CCc1ccc(CN(C)C(=O)NCc2cccc(NC(=O)COC)c2)cc1. The van der Waals surface area contributed by atoms with E-state index in [1.807, 2.05) is 18.2 Å². The van der Waals surface area contributed by atoms with Crippen LogP contribution in [0.25, 0.3) is 0 Å². The van der Waals surface area contributed by atoms with Gasteiger partial charge in [-0.2, -0.15) is 0 Å². The van der Waals surface area contributed by atoms with Crippen molar-refractivity contribution in [2.24, 2.45) is 0 Å². The first-order chi connectivity index (χ1) is 13.0. The molecule has 0 saturated heterocycles. The zero-order valence-corrected chi connectivity index (χ0v) is 16.1. The number of amides is 3. The van der Waals surface area contributed by atoms with Gasteiger partial charge in [-0.1, -0.05) is 43.3 Å². The minimum Gasteiger partial charge on any atom is -0.375 e. The number of rotatable bonds is 8. The Bertz CT molecular complexity index is 760. The largest absolute Gasteiger partial charge is 0.375 e. The Balaban J connectivity index is 1.85. The average molecular weight is 369 g/mol. The number of aryl methyl sites for hydroxylation is 1. The number of urea groups is 1. The number of benzene rings is 2. The summed E-state index contributed by atoms with van der Waals surface area (Å²) in [6, 6.07) is 15.5. The van der Waals surface area contributed by atoms with Gasteiger partial charge in [0.2, 0.25) is 5.91 Å². The van der Waals surface area contributed by atoms with Gasteiger partial charge in [-0.05, 0) is 35.2 Å². The molecule has 0 aliphatic heterocycles. The number of methoxy groups -OCH3 is 1. The van der Waals surface area contributed by atoms with Gasteiger partial charge < -0.3 is 20.3 Å². The van der Waals surface area contributed by atoms with Crippen molar-refractivity contribution in [2.45, 2.75) is 26.4 Å². The molecule has 0 saturated carbocycles. The minimum atomic E-state index is -0.215. The number of hydrogen-bond donors (Lipinski definition) is 2. The average Bonchev–Trinajstić information content (AvgIpc) is 2.67. The highest BCUT2D eigenvalue weighted by molar-refractivity contribution is 5.91. The lowest BCUT2D eigenvalue weighted by molar-refractivity contribution is -0.119. The standard InChI is InChI=1S/C21H27N3O3/c1-4-16-8-10-17(11-9-16)14-24(2)21(26)22-13-18-6-5-7-19(12-18)23-20(25)15-27-3/h5-12H,4,13-15H2,1-3H3,(H,22,26)(H,23,25). The van der Waals surface area contributed by atoms with Crippen molar-refractivity contribution < 1.29 is 14.3 Å². The smallest absolute Gasteiger partial charge is 0.317 e. The number of carbonyl (C=O) groups excluding carboxylic acids is 2. The van der Waals surface area contributed by atoms with Crippen LogP contribution in [0.5, 0.6) is 0 Å². The molecule has 2 aromatic rings. The summed E-state index contributed by atoms with van der Waals surface area (Å²) in [4.78, 5) is 25.5. The Hall–Kier alpha value is -2.86. The number of hydrogen-bond acceptors (Lipinski definition) is 3. The van der Waals surface area contributed by atoms with Gasteiger partial charge >= 0.3 is 6.03 Å². The molecular formula is C21H27N3O3. The number of anilines is 1. The van der Waals surface area contributed by atoms with E-state index in [-0.39, 0.29) is 18.5 Å². The van der Waals surface area contributed by atoms with Crippen LogP contribution in [0.15, 0.2) is 48.5 Å². The molecule has 2 aromatic carbocycles. The number of nitrogens with one attached hydrogen (secondary N) is 2. The highest BCUT2D eigenvalue weighted by Crippen LogP contribution is 2.11. The summed E-state index contributed by atoms with van der Waals surface area (Å²) >= 11 is 0. The van der Waals surface area contributed by atoms with Crippen LogP contribution >= 0.6 is 0 Å². The molecule has 0 fully saturated rings. The molecule has 0 unspecified atom stereocenters. The number of nitrogens with zero attached hydrogens (tertiary/aromatic N) is 1. The molecule has 0 aliphatic rings. The van der Waals surface area contributed by atoms with Crippen LogP contribution in [-0.4, -0.2) is 37.6 Å². The van der Waals surface area contributed by atoms with Crippen LogP contribution in [0.1, 0.15) is 23.6 Å². The molecule has 0 bridgehead atoms. The monoisotopic (exact) mass is 369 g/mol. The second-order valence-corrected chi connectivity index (χ2v) is 6.37. The molecule has 144 valence electrons. The zero-order valence-electron chi connectivity index (χ0n) is 16.1. The first-order valence-corrected chi connectivity index (χ1v) is 8.96. The maximum atomic E-state index is 12.3. The molecule has 2 rings (SSSR count). The Labute approximate surface area is 160 Å². The van der Waals surface area contributed by atoms with Gasteiger partial charge in [-0.3, -0.25) is 4.79 Å². The lowest BCUT2D eigenvalue weighted by Gasteiger charge is -2.18. The Morgan fingerprint density at radius 3 is 2.41 bits per heavy atom. The second-order valence-electron chi connectivity index (χ2n) is 6.37. The van der Waals surface area contributed by atoms with Crippen molar-refractivity contribution in [3.63, 3.8) is 0 Å². The quantitative estimate of drug-likeness (QED) is 0.751. The van der Waals surface area contributed by atoms with E-state index in [1.165, 1.54) is 12.7 Å². The summed E-state index contributed by atoms with van der Waals surface area (Å²) in [6.07, 6.45) is 1.00. The highest BCUT2D eigenvalue weighted by atomic mass is 16.5.